The first-order valence-electron chi connectivity index (χ1n) is 8.15. The Bertz CT molecular complexity index is 440. The molecular formula is C17H25ClN2O. The molecule has 2 fully saturated rings. The first kappa shape index (κ1) is 15.1. The van der Waals surface area contributed by atoms with Crippen molar-refractivity contribution in [3.05, 3.63) is 29.3 Å². The molecule has 2 aliphatic rings. The maximum Gasteiger partial charge on any atom is 0.138 e. The van der Waals surface area contributed by atoms with Gasteiger partial charge in [0.15, 0.2) is 0 Å². The number of nitrogens with zero attached hydrogens (tertiary/aromatic N) is 1. The Labute approximate surface area is 132 Å². The van der Waals surface area contributed by atoms with Crippen LogP contribution in [0.2, 0.25) is 5.02 Å². The van der Waals surface area contributed by atoms with E-state index in [0.717, 1.165) is 42.6 Å². The van der Waals surface area contributed by atoms with Gasteiger partial charge in [-0.15, -0.1) is 0 Å². The van der Waals surface area contributed by atoms with Gasteiger partial charge in [-0.3, -0.25) is 0 Å². The van der Waals surface area contributed by atoms with E-state index in [1.54, 1.807) is 0 Å². The van der Waals surface area contributed by atoms with E-state index in [0.29, 0.717) is 6.10 Å². The zero-order chi connectivity index (χ0) is 14.5. The summed E-state index contributed by atoms with van der Waals surface area (Å²) in [5.74, 6) is 1.71. The lowest BCUT2D eigenvalue weighted by atomic mass is 9.96. The van der Waals surface area contributed by atoms with Crippen LogP contribution in [0.15, 0.2) is 24.3 Å². The second kappa shape index (κ2) is 7.48. The molecule has 3 rings (SSSR count). The Morgan fingerprint density at radius 1 is 1.10 bits per heavy atom. The van der Waals surface area contributed by atoms with Crippen molar-refractivity contribution in [2.45, 2.75) is 31.8 Å². The average molecular weight is 309 g/mol. The predicted octanol–water partition coefficient (Wildman–Crippen LogP) is 3.18. The molecule has 0 amide bonds. The van der Waals surface area contributed by atoms with E-state index in [1.807, 2.05) is 24.3 Å². The van der Waals surface area contributed by atoms with Crippen molar-refractivity contribution < 1.29 is 4.74 Å². The number of nitrogens with one attached hydrogen (secondary N) is 1. The Balaban J connectivity index is 1.43. The van der Waals surface area contributed by atoms with Crippen LogP contribution in [0, 0.1) is 5.92 Å². The number of likely N-dealkylation sites (tertiary alicyclic amines) is 1. The molecule has 0 aliphatic carbocycles. The standard InChI is InChI=1S/C17H25ClN2O/c18-16-3-1-2-4-17(16)21-15-7-11-20(12-8-15)13-14-5-9-19-10-6-14/h1-4,14-15,19H,5-13H2. The molecule has 0 unspecified atom stereocenters. The molecule has 4 heteroatoms. The Morgan fingerprint density at radius 2 is 1.81 bits per heavy atom. The van der Waals surface area contributed by atoms with Crippen LogP contribution in [0.4, 0.5) is 0 Å². The largest absolute Gasteiger partial charge is 0.489 e. The molecule has 21 heavy (non-hydrogen) atoms. The maximum absolute atomic E-state index is 6.16. The fourth-order valence-electron chi connectivity index (χ4n) is 3.36. The zero-order valence-corrected chi connectivity index (χ0v) is 13.3. The van der Waals surface area contributed by atoms with Crippen LogP contribution in [0.5, 0.6) is 5.75 Å². The van der Waals surface area contributed by atoms with Crippen LogP contribution in [-0.2, 0) is 0 Å². The van der Waals surface area contributed by atoms with Crippen molar-refractivity contribution in [3.63, 3.8) is 0 Å². The molecule has 0 bridgehead atoms. The van der Waals surface area contributed by atoms with Gasteiger partial charge < -0.3 is 15.0 Å². The van der Waals surface area contributed by atoms with Gasteiger partial charge in [0.25, 0.3) is 0 Å². The van der Waals surface area contributed by atoms with E-state index < -0.39 is 0 Å². The Kier molecular flexibility index (Phi) is 5.39. The highest BCUT2D eigenvalue weighted by atomic mass is 35.5. The van der Waals surface area contributed by atoms with Gasteiger partial charge in [0.2, 0.25) is 0 Å². The minimum atomic E-state index is 0.314. The Morgan fingerprint density at radius 3 is 2.52 bits per heavy atom. The molecule has 1 aromatic carbocycles. The summed E-state index contributed by atoms with van der Waals surface area (Å²) in [7, 11) is 0. The van der Waals surface area contributed by atoms with E-state index in [4.69, 9.17) is 16.3 Å². The molecule has 2 aliphatic heterocycles. The predicted molar refractivity (Wildman–Crippen MR) is 87.1 cm³/mol. The number of hydrogen-bond donors (Lipinski definition) is 1. The summed E-state index contributed by atoms with van der Waals surface area (Å²) in [6.07, 6.45) is 5.19. The molecule has 2 saturated heterocycles. The second-order valence-corrected chi connectivity index (χ2v) is 6.65. The molecule has 116 valence electrons. The highest BCUT2D eigenvalue weighted by Crippen LogP contribution is 2.27. The third kappa shape index (κ3) is 4.35. The lowest BCUT2D eigenvalue weighted by Gasteiger charge is -2.35. The summed E-state index contributed by atoms with van der Waals surface area (Å²) in [5.41, 5.74) is 0. The topological polar surface area (TPSA) is 24.5 Å². The first-order chi connectivity index (χ1) is 10.3. The lowest BCUT2D eigenvalue weighted by Crippen LogP contribution is -2.42. The maximum atomic E-state index is 6.16. The summed E-state index contributed by atoms with van der Waals surface area (Å²) in [6, 6.07) is 7.77. The number of hydrogen-bond acceptors (Lipinski definition) is 3. The van der Waals surface area contributed by atoms with Gasteiger partial charge in [0.1, 0.15) is 11.9 Å². The van der Waals surface area contributed by atoms with Crippen LogP contribution >= 0.6 is 11.6 Å². The van der Waals surface area contributed by atoms with Gasteiger partial charge in [-0.1, -0.05) is 23.7 Å². The molecule has 1 N–H and O–H groups in total. The van der Waals surface area contributed by atoms with Crippen molar-refractivity contribution in [2.75, 3.05) is 32.7 Å². The third-order valence-electron chi connectivity index (χ3n) is 4.64. The van der Waals surface area contributed by atoms with E-state index in [1.165, 1.54) is 32.5 Å². The van der Waals surface area contributed by atoms with E-state index in [2.05, 4.69) is 10.2 Å². The molecule has 1 aromatic rings. The number of para-hydroxylation sites is 1. The van der Waals surface area contributed by atoms with Gasteiger partial charge in [0.05, 0.1) is 5.02 Å². The minimum Gasteiger partial charge on any atom is -0.489 e. The monoisotopic (exact) mass is 308 g/mol. The third-order valence-corrected chi connectivity index (χ3v) is 4.95. The smallest absolute Gasteiger partial charge is 0.138 e. The summed E-state index contributed by atoms with van der Waals surface area (Å²) in [4.78, 5) is 2.61. The number of rotatable bonds is 4. The zero-order valence-electron chi connectivity index (χ0n) is 12.6. The molecule has 0 atom stereocenters. The fourth-order valence-corrected chi connectivity index (χ4v) is 3.54. The highest BCUT2D eigenvalue weighted by molar-refractivity contribution is 6.32. The highest BCUT2D eigenvalue weighted by Gasteiger charge is 2.23. The summed E-state index contributed by atoms with van der Waals surface area (Å²) in [6.45, 7) is 5.95. The average Bonchev–Trinajstić information content (AvgIpc) is 2.52. The van der Waals surface area contributed by atoms with Crippen molar-refractivity contribution in [3.8, 4) is 5.75 Å². The summed E-state index contributed by atoms with van der Waals surface area (Å²) in [5, 5.41) is 4.16. The van der Waals surface area contributed by atoms with Gasteiger partial charge in [-0.2, -0.15) is 0 Å². The lowest BCUT2D eigenvalue weighted by molar-refractivity contribution is 0.0873. The van der Waals surface area contributed by atoms with Crippen LogP contribution in [-0.4, -0.2) is 43.7 Å². The van der Waals surface area contributed by atoms with Crippen molar-refractivity contribution in [1.82, 2.24) is 10.2 Å². The molecule has 0 spiro atoms. The molecule has 3 nitrogen and oxygen atoms in total. The number of piperidine rings is 2. The molecular weight excluding hydrogens is 284 g/mol. The summed E-state index contributed by atoms with van der Waals surface area (Å²) < 4.78 is 6.06. The molecule has 2 heterocycles. The number of benzene rings is 1. The normalized spacial score (nSPS) is 22.3. The van der Waals surface area contributed by atoms with Gasteiger partial charge in [-0.25, -0.2) is 0 Å². The first-order valence-corrected chi connectivity index (χ1v) is 8.53. The molecule has 0 radical (unpaired) electrons. The SMILES string of the molecule is Clc1ccccc1OC1CCN(CC2CCNCC2)CC1. The van der Waals surface area contributed by atoms with Crippen molar-refractivity contribution >= 4 is 11.6 Å². The molecule has 0 aromatic heterocycles. The van der Waals surface area contributed by atoms with Gasteiger partial charge in [-0.05, 0) is 56.8 Å². The van der Waals surface area contributed by atoms with Gasteiger partial charge in [0, 0.05) is 19.6 Å². The van der Waals surface area contributed by atoms with E-state index in [9.17, 15) is 0 Å². The van der Waals surface area contributed by atoms with Crippen LogP contribution in [0.3, 0.4) is 0 Å². The van der Waals surface area contributed by atoms with E-state index >= 15 is 0 Å². The number of halogens is 1. The van der Waals surface area contributed by atoms with Crippen LogP contribution in [0.1, 0.15) is 25.7 Å². The van der Waals surface area contributed by atoms with Crippen LogP contribution in [0.25, 0.3) is 0 Å². The second-order valence-electron chi connectivity index (χ2n) is 6.24. The number of ether oxygens (including phenoxy) is 1. The van der Waals surface area contributed by atoms with Crippen LogP contribution < -0.4 is 10.1 Å². The fraction of sp³-hybridized carbons (Fsp3) is 0.647. The molecule has 0 saturated carbocycles. The summed E-state index contributed by atoms with van der Waals surface area (Å²) >= 11 is 6.16. The minimum absolute atomic E-state index is 0.314. The van der Waals surface area contributed by atoms with Crippen molar-refractivity contribution in [1.29, 1.82) is 0 Å². The Hall–Kier alpha value is -0.770. The van der Waals surface area contributed by atoms with E-state index in [-0.39, 0.29) is 0 Å². The quantitative estimate of drug-likeness (QED) is 0.924. The van der Waals surface area contributed by atoms with Gasteiger partial charge >= 0.3 is 0 Å². The van der Waals surface area contributed by atoms with Crippen molar-refractivity contribution in [2.24, 2.45) is 5.92 Å².